The molecule has 3 fully saturated rings. The molecule has 0 spiro atoms. The first-order valence-electron chi connectivity index (χ1n) is 12.6. The molecule has 176 valence electrons. The maximum Gasteiger partial charge on any atom is 0.410 e. The van der Waals surface area contributed by atoms with Gasteiger partial charge in [-0.15, -0.1) is 0 Å². The van der Waals surface area contributed by atoms with E-state index in [1.54, 1.807) is 0 Å². The number of ether oxygens (including phenoxy) is 1. The molecular formula is C26H39N3O3. The SMILES string of the molecule is CCN(C(=O)OCc1ccccc1)C1CCN(C[C@@H]2CCN(C(=O)C3CCCC3)C2)CC1. The van der Waals surface area contributed by atoms with Crippen molar-refractivity contribution in [2.45, 2.75) is 64.5 Å². The molecule has 1 aromatic carbocycles. The van der Waals surface area contributed by atoms with Crippen LogP contribution < -0.4 is 0 Å². The lowest BCUT2D eigenvalue weighted by molar-refractivity contribution is -0.134. The monoisotopic (exact) mass is 441 g/mol. The Bertz CT molecular complexity index is 742. The molecule has 1 saturated carbocycles. The largest absolute Gasteiger partial charge is 0.445 e. The number of hydrogen-bond acceptors (Lipinski definition) is 4. The highest BCUT2D eigenvalue weighted by molar-refractivity contribution is 5.79. The van der Waals surface area contributed by atoms with Crippen LogP contribution in [0.4, 0.5) is 4.79 Å². The Labute approximate surface area is 192 Å². The number of amides is 2. The molecule has 2 saturated heterocycles. The van der Waals surface area contributed by atoms with Gasteiger partial charge in [0.2, 0.25) is 5.91 Å². The summed E-state index contributed by atoms with van der Waals surface area (Å²) < 4.78 is 5.58. The second kappa shape index (κ2) is 11.2. The number of piperidine rings is 1. The van der Waals surface area contributed by atoms with Crippen molar-refractivity contribution in [1.29, 1.82) is 0 Å². The number of nitrogens with zero attached hydrogens (tertiary/aromatic N) is 3. The van der Waals surface area contributed by atoms with Crippen LogP contribution in [0.25, 0.3) is 0 Å². The molecule has 2 amide bonds. The van der Waals surface area contributed by atoms with Gasteiger partial charge in [-0.2, -0.15) is 0 Å². The minimum atomic E-state index is -0.202. The van der Waals surface area contributed by atoms with Crippen molar-refractivity contribution in [1.82, 2.24) is 14.7 Å². The molecule has 1 aromatic rings. The minimum Gasteiger partial charge on any atom is -0.445 e. The Hall–Kier alpha value is -2.08. The quantitative estimate of drug-likeness (QED) is 0.638. The summed E-state index contributed by atoms with van der Waals surface area (Å²) in [4.78, 5) is 31.9. The fourth-order valence-corrected chi connectivity index (χ4v) is 5.73. The van der Waals surface area contributed by atoms with Gasteiger partial charge in [-0.05, 0) is 50.5 Å². The van der Waals surface area contributed by atoms with Crippen LogP contribution in [0.1, 0.15) is 57.4 Å². The summed E-state index contributed by atoms with van der Waals surface area (Å²) in [6.45, 7) is 8.01. The lowest BCUT2D eigenvalue weighted by Crippen LogP contribution is -2.48. The molecule has 0 bridgehead atoms. The van der Waals surface area contributed by atoms with Gasteiger partial charge in [0.25, 0.3) is 0 Å². The van der Waals surface area contributed by atoms with Crippen molar-refractivity contribution in [3.8, 4) is 0 Å². The Morgan fingerprint density at radius 2 is 1.72 bits per heavy atom. The first kappa shape index (κ1) is 23.1. The third kappa shape index (κ3) is 5.83. The van der Waals surface area contributed by atoms with Crippen molar-refractivity contribution < 1.29 is 14.3 Å². The highest BCUT2D eigenvalue weighted by atomic mass is 16.6. The van der Waals surface area contributed by atoms with E-state index in [9.17, 15) is 9.59 Å². The zero-order valence-electron chi connectivity index (χ0n) is 19.6. The van der Waals surface area contributed by atoms with Gasteiger partial charge in [-0.3, -0.25) is 4.79 Å². The van der Waals surface area contributed by atoms with E-state index in [0.717, 1.165) is 70.4 Å². The summed E-state index contributed by atoms with van der Waals surface area (Å²) in [7, 11) is 0. The topological polar surface area (TPSA) is 53.1 Å². The lowest BCUT2D eigenvalue weighted by atomic mass is 10.0. The molecule has 1 aliphatic carbocycles. The van der Waals surface area contributed by atoms with Crippen molar-refractivity contribution in [2.75, 3.05) is 39.3 Å². The normalized spacial score (nSPS) is 22.9. The van der Waals surface area contributed by atoms with Crippen LogP contribution in [0.3, 0.4) is 0 Å². The molecule has 0 N–H and O–H groups in total. The summed E-state index contributed by atoms with van der Waals surface area (Å²) in [6.07, 6.45) is 7.54. The summed E-state index contributed by atoms with van der Waals surface area (Å²) in [5.74, 6) is 1.30. The second-order valence-corrected chi connectivity index (χ2v) is 9.78. The Morgan fingerprint density at radius 1 is 1.00 bits per heavy atom. The standard InChI is InChI=1S/C26H39N3O3/c1-2-29(26(31)32-20-21-8-4-3-5-9-21)24-13-15-27(16-14-24)18-22-12-17-28(19-22)25(30)23-10-6-7-11-23/h3-5,8-9,22-24H,2,6-7,10-20H2,1H3/t22-/m0/s1. The molecule has 6 nitrogen and oxygen atoms in total. The predicted molar refractivity (Wildman–Crippen MR) is 125 cm³/mol. The van der Waals surface area contributed by atoms with E-state index in [1.165, 1.54) is 12.8 Å². The number of likely N-dealkylation sites (tertiary alicyclic amines) is 2. The Morgan fingerprint density at radius 3 is 2.41 bits per heavy atom. The van der Waals surface area contributed by atoms with Gasteiger partial charge in [0.05, 0.1) is 0 Å². The first-order valence-corrected chi connectivity index (χ1v) is 12.6. The summed E-state index contributed by atoms with van der Waals surface area (Å²) in [5.41, 5.74) is 1.02. The second-order valence-electron chi connectivity index (χ2n) is 9.78. The average Bonchev–Trinajstić information content (AvgIpc) is 3.52. The Balaban J connectivity index is 1.18. The molecule has 1 atom stereocenters. The molecule has 6 heteroatoms. The molecule has 0 unspecified atom stereocenters. The van der Waals surface area contributed by atoms with Crippen molar-refractivity contribution >= 4 is 12.0 Å². The van der Waals surface area contributed by atoms with E-state index in [4.69, 9.17) is 4.74 Å². The van der Waals surface area contributed by atoms with Crippen molar-refractivity contribution in [2.24, 2.45) is 11.8 Å². The third-order valence-corrected chi connectivity index (χ3v) is 7.60. The number of carbonyl (C=O) groups is 2. The molecule has 0 radical (unpaired) electrons. The van der Waals surface area contributed by atoms with Crippen LogP contribution in [0.15, 0.2) is 30.3 Å². The van der Waals surface area contributed by atoms with Crippen LogP contribution in [0.2, 0.25) is 0 Å². The van der Waals surface area contributed by atoms with Gasteiger partial charge in [0, 0.05) is 51.2 Å². The molecule has 4 rings (SSSR count). The minimum absolute atomic E-state index is 0.202. The molecule has 0 aromatic heterocycles. The third-order valence-electron chi connectivity index (χ3n) is 7.60. The number of rotatable bonds is 7. The summed E-state index contributed by atoms with van der Waals surface area (Å²) in [5, 5.41) is 0. The Kier molecular flexibility index (Phi) is 8.06. The highest BCUT2D eigenvalue weighted by Crippen LogP contribution is 2.29. The summed E-state index contributed by atoms with van der Waals surface area (Å²) >= 11 is 0. The van der Waals surface area contributed by atoms with E-state index >= 15 is 0 Å². The van der Waals surface area contributed by atoms with Gasteiger partial charge in [0.15, 0.2) is 0 Å². The number of carbonyl (C=O) groups excluding carboxylic acids is 2. The smallest absolute Gasteiger partial charge is 0.410 e. The lowest BCUT2D eigenvalue weighted by Gasteiger charge is -2.38. The van der Waals surface area contributed by atoms with Crippen LogP contribution in [0, 0.1) is 11.8 Å². The fraction of sp³-hybridized carbons (Fsp3) is 0.692. The predicted octanol–water partition coefficient (Wildman–Crippen LogP) is 4.15. The van der Waals surface area contributed by atoms with Gasteiger partial charge in [-0.25, -0.2) is 4.79 Å². The maximum absolute atomic E-state index is 12.7. The molecular weight excluding hydrogens is 402 g/mol. The summed E-state index contributed by atoms with van der Waals surface area (Å²) in [6, 6.07) is 10.1. The van der Waals surface area contributed by atoms with E-state index in [1.807, 2.05) is 42.2 Å². The number of hydrogen-bond donors (Lipinski definition) is 0. The number of benzene rings is 1. The molecule has 3 aliphatic rings. The van der Waals surface area contributed by atoms with Gasteiger partial charge in [-0.1, -0.05) is 43.2 Å². The van der Waals surface area contributed by atoms with E-state index < -0.39 is 0 Å². The highest BCUT2D eigenvalue weighted by Gasteiger charge is 2.34. The van der Waals surface area contributed by atoms with Gasteiger partial charge >= 0.3 is 6.09 Å². The van der Waals surface area contributed by atoms with Crippen molar-refractivity contribution in [3.63, 3.8) is 0 Å². The van der Waals surface area contributed by atoms with Crippen LogP contribution in [-0.4, -0.2) is 72.0 Å². The molecule has 2 aliphatic heterocycles. The zero-order valence-corrected chi connectivity index (χ0v) is 19.6. The van der Waals surface area contributed by atoms with Crippen LogP contribution in [0.5, 0.6) is 0 Å². The van der Waals surface area contributed by atoms with Crippen LogP contribution in [-0.2, 0) is 16.1 Å². The van der Waals surface area contributed by atoms with Gasteiger partial charge in [0.1, 0.15) is 6.61 Å². The zero-order chi connectivity index (χ0) is 22.3. The average molecular weight is 442 g/mol. The maximum atomic E-state index is 12.7. The molecule has 32 heavy (non-hydrogen) atoms. The van der Waals surface area contributed by atoms with Crippen LogP contribution >= 0.6 is 0 Å². The van der Waals surface area contributed by atoms with E-state index in [2.05, 4.69) is 9.80 Å². The molecule has 2 heterocycles. The van der Waals surface area contributed by atoms with Crippen molar-refractivity contribution in [3.05, 3.63) is 35.9 Å². The van der Waals surface area contributed by atoms with E-state index in [-0.39, 0.29) is 12.1 Å². The van der Waals surface area contributed by atoms with E-state index in [0.29, 0.717) is 30.9 Å². The fourth-order valence-electron chi connectivity index (χ4n) is 5.73. The van der Waals surface area contributed by atoms with Gasteiger partial charge < -0.3 is 19.4 Å². The first-order chi connectivity index (χ1) is 15.6.